The van der Waals surface area contributed by atoms with Gasteiger partial charge in [-0.1, -0.05) is 77.7 Å². The molecule has 3 saturated carbocycles. The molecular formula is C35H58O4S. The number of carbonyl (C=O) groups is 2. The number of ketones is 2. The second kappa shape index (κ2) is 14.2. The Morgan fingerprint density at radius 2 is 1.60 bits per heavy atom. The number of hydrogen-bond donors (Lipinski definition) is 2. The van der Waals surface area contributed by atoms with Crippen LogP contribution in [0.25, 0.3) is 0 Å². The molecule has 4 aliphatic carbocycles. The molecule has 0 amide bonds. The van der Waals surface area contributed by atoms with Crippen LogP contribution in [-0.2, 0) is 14.3 Å². The zero-order valence-electron chi connectivity index (χ0n) is 25.9. The molecule has 4 rings (SSSR count). The first-order chi connectivity index (χ1) is 19.2. The molecule has 2 unspecified atom stereocenters. The van der Waals surface area contributed by atoms with Gasteiger partial charge in [0.1, 0.15) is 5.78 Å². The highest BCUT2D eigenvalue weighted by Gasteiger charge is 2.65. The smallest absolute Gasteiger partial charge is 0.155 e. The van der Waals surface area contributed by atoms with Gasteiger partial charge in [-0.25, -0.2) is 0 Å². The maximum atomic E-state index is 13.3. The summed E-state index contributed by atoms with van der Waals surface area (Å²) in [6.45, 7) is 8.52. The van der Waals surface area contributed by atoms with Crippen molar-refractivity contribution in [3.63, 3.8) is 0 Å². The molecule has 0 aromatic carbocycles. The Bertz CT molecular complexity index is 900. The molecule has 3 fully saturated rings. The van der Waals surface area contributed by atoms with Gasteiger partial charge in [0.2, 0.25) is 0 Å². The fourth-order valence-corrected chi connectivity index (χ4v) is 9.85. The molecule has 0 heterocycles. The molecule has 7 atom stereocenters. The molecule has 0 spiro atoms. The predicted octanol–water partition coefficient (Wildman–Crippen LogP) is 8.30. The second-order valence-corrected chi connectivity index (χ2v) is 14.7. The quantitative estimate of drug-likeness (QED) is 0.144. The third-order valence-electron chi connectivity index (χ3n) is 12.2. The predicted molar refractivity (Wildman–Crippen MR) is 167 cm³/mol. The summed E-state index contributed by atoms with van der Waals surface area (Å²) in [5, 5.41) is 12.1. The Morgan fingerprint density at radius 3 is 2.30 bits per heavy atom. The van der Waals surface area contributed by atoms with E-state index in [0.29, 0.717) is 24.7 Å². The van der Waals surface area contributed by atoms with Crippen LogP contribution in [0.3, 0.4) is 0 Å². The lowest BCUT2D eigenvalue weighted by atomic mass is 9.43. The molecule has 0 bridgehead atoms. The molecule has 228 valence electrons. The summed E-state index contributed by atoms with van der Waals surface area (Å²) < 4.78 is 6.00. The molecule has 0 radical (unpaired) electrons. The van der Waals surface area contributed by atoms with Crippen molar-refractivity contribution in [2.75, 3.05) is 19.0 Å². The average molecular weight is 575 g/mol. The van der Waals surface area contributed by atoms with E-state index in [4.69, 9.17) is 4.74 Å². The van der Waals surface area contributed by atoms with Crippen molar-refractivity contribution in [1.82, 2.24) is 0 Å². The van der Waals surface area contributed by atoms with Crippen molar-refractivity contribution in [3.8, 4) is 0 Å². The van der Waals surface area contributed by atoms with E-state index < -0.39 is 5.60 Å². The van der Waals surface area contributed by atoms with E-state index in [1.807, 2.05) is 6.08 Å². The van der Waals surface area contributed by atoms with Crippen LogP contribution in [0.15, 0.2) is 11.6 Å². The highest BCUT2D eigenvalue weighted by Crippen LogP contribution is 2.69. The van der Waals surface area contributed by atoms with E-state index in [2.05, 4.69) is 33.4 Å². The first-order valence-corrected chi connectivity index (χ1v) is 17.5. The van der Waals surface area contributed by atoms with Crippen LogP contribution >= 0.6 is 12.6 Å². The molecule has 40 heavy (non-hydrogen) atoms. The number of aliphatic hydroxyl groups is 1. The number of carbonyl (C=O) groups excluding carboxylic acids is 2. The van der Waals surface area contributed by atoms with Crippen molar-refractivity contribution >= 4 is 24.2 Å². The highest BCUT2D eigenvalue weighted by atomic mass is 32.1. The van der Waals surface area contributed by atoms with E-state index in [-0.39, 0.29) is 40.0 Å². The minimum atomic E-state index is -0.683. The Balaban J connectivity index is 1.29. The SMILES string of the molecule is CCCCCCCCCCCOCCCC1(O)CC[C@H]2[C@@H]3C(C(=O)CS)CC4=CC(=O)CC[C@]4(C)[C@@H]3CC[C@@]21C. The summed E-state index contributed by atoms with van der Waals surface area (Å²) in [4.78, 5) is 25.6. The van der Waals surface area contributed by atoms with Gasteiger partial charge in [0, 0.05) is 31.3 Å². The standard InChI is InChI=1S/C35H58O4S/c1-4-5-6-7-8-9-10-11-12-21-39-22-13-17-35(38)20-16-30-32-28(31(37)25-40)24-26-23-27(36)14-18-33(26,2)29(32)15-19-34(30,35)3/h23,28-30,32,38,40H,4-22,24-25H2,1-3H3/t28?,29-,30+,32-,33+,34+,35?/m1/s1. The summed E-state index contributed by atoms with van der Waals surface area (Å²) in [6.07, 6.45) is 21.6. The summed E-state index contributed by atoms with van der Waals surface area (Å²) in [7, 11) is 0. The number of ether oxygens (including phenoxy) is 1. The fourth-order valence-electron chi connectivity index (χ4n) is 9.61. The summed E-state index contributed by atoms with van der Waals surface area (Å²) in [6, 6.07) is 0. The maximum Gasteiger partial charge on any atom is 0.155 e. The van der Waals surface area contributed by atoms with Gasteiger partial charge in [0.05, 0.1) is 5.60 Å². The summed E-state index contributed by atoms with van der Waals surface area (Å²) >= 11 is 4.40. The fraction of sp³-hybridized carbons (Fsp3) is 0.886. The molecule has 0 aliphatic heterocycles. The number of rotatable bonds is 16. The topological polar surface area (TPSA) is 63.6 Å². The maximum absolute atomic E-state index is 13.3. The van der Waals surface area contributed by atoms with Crippen LogP contribution in [-0.4, -0.2) is 41.2 Å². The van der Waals surface area contributed by atoms with Gasteiger partial charge in [-0.15, -0.1) is 0 Å². The minimum Gasteiger partial charge on any atom is -0.389 e. The van der Waals surface area contributed by atoms with Crippen LogP contribution < -0.4 is 0 Å². The number of hydrogen-bond acceptors (Lipinski definition) is 5. The number of fused-ring (bicyclic) bond motifs is 5. The zero-order valence-corrected chi connectivity index (χ0v) is 26.7. The molecule has 4 nitrogen and oxygen atoms in total. The third-order valence-corrected chi connectivity index (χ3v) is 12.5. The highest BCUT2D eigenvalue weighted by molar-refractivity contribution is 7.81. The molecular weight excluding hydrogens is 516 g/mol. The van der Waals surface area contributed by atoms with E-state index in [1.54, 1.807) is 0 Å². The molecule has 0 aromatic rings. The van der Waals surface area contributed by atoms with Crippen molar-refractivity contribution < 1.29 is 19.4 Å². The average Bonchev–Trinajstić information content (AvgIpc) is 3.21. The van der Waals surface area contributed by atoms with Crippen LogP contribution in [0.4, 0.5) is 0 Å². The van der Waals surface area contributed by atoms with Crippen molar-refractivity contribution in [3.05, 3.63) is 11.6 Å². The van der Waals surface area contributed by atoms with E-state index >= 15 is 0 Å². The monoisotopic (exact) mass is 574 g/mol. The van der Waals surface area contributed by atoms with Crippen molar-refractivity contribution in [1.29, 1.82) is 0 Å². The Morgan fingerprint density at radius 1 is 0.950 bits per heavy atom. The van der Waals surface area contributed by atoms with Gasteiger partial charge < -0.3 is 9.84 Å². The Labute approximate surface area is 250 Å². The first-order valence-electron chi connectivity index (χ1n) is 16.9. The van der Waals surface area contributed by atoms with Crippen LogP contribution in [0, 0.1) is 34.5 Å². The van der Waals surface area contributed by atoms with Crippen molar-refractivity contribution in [2.24, 2.45) is 34.5 Å². The van der Waals surface area contributed by atoms with Crippen molar-refractivity contribution in [2.45, 2.75) is 142 Å². The van der Waals surface area contributed by atoms with Gasteiger partial charge in [0.25, 0.3) is 0 Å². The lowest BCUT2D eigenvalue weighted by molar-refractivity contribution is -0.153. The number of thiol groups is 1. The lowest BCUT2D eigenvalue weighted by Crippen LogP contribution is -2.58. The van der Waals surface area contributed by atoms with E-state index in [9.17, 15) is 14.7 Å². The Kier molecular flexibility index (Phi) is 11.5. The normalized spacial score (nSPS) is 37.0. The summed E-state index contributed by atoms with van der Waals surface area (Å²) in [5.41, 5.74) is 0.378. The number of Topliss-reactive ketones (excluding diaryl/α,β-unsaturated/α-hetero) is 1. The minimum absolute atomic E-state index is 0.0108. The largest absolute Gasteiger partial charge is 0.389 e. The number of allylic oxidation sites excluding steroid dienone is 1. The lowest BCUT2D eigenvalue weighted by Gasteiger charge is -2.61. The summed E-state index contributed by atoms with van der Waals surface area (Å²) in [5.74, 6) is 1.68. The van der Waals surface area contributed by atoms with E-state index in [1.165, 1.54) is 56.9 Å². The second-order valence-electron chi connectivity index (χ2n) is 14.3. The zero-order chi connectivity index (χ0) is 28.8. The van der Waals surface area contributed by atoms with E-state index in [0.717, 1.165) is 64.6 Å². The van der Waals surface area contributed by atoms with Gasteiger partial charge >= 0.3 is 0 Å². The van der Waals surface area contributed by atoms with Gasteiger partial charge in [0.15, 0.2) is 5.78 Å². The molecule has 5 heteroatoms. The third kappa shape index (κ3) is 6.62. The molecule has 0 aromatic heterocycles. The number of unbranched alkanes of at least 4 members (excludes halogenated alkanes) is 8. The Hall–Kier alpha value is -0.650. The molecule has 1 N–H and O–H groups in total. The van der Waals surface area contributed by atoms with Gasteiger partial charge in [-0.3, -0.25) is 9.59 Å². The van der Waals surface area contributed by atoms with Gasteiger partial charge in [-0.2, -0.15) is 12.6 Å². The van der Waals surface area contributed by atoms with Crippen LogP contribution in [0.1, 0.15) is 136 Å². The first kappa shape index (κ1) is 32.3. The van der Waals surface area contributed by atoms with Crippen LogP contribution in [0.2, 0.25) is 0 Å². The molecule has 0 saturated heterocycles. The van der Waals surface area contributed by atoms with Gasteiger partial charge in [-0.05, 0) is 92.4 Å². The molecule has 4 aliphatic rings. The van der Waals surface area contributed by atoms with Crippen LogP contribution in [0.5, 0.6) is 0 Å².